The molecule has 0 aliphatic heterocycles. The Balaban J connectivity index is 1.77. The minimum atomic E-state index is -3.76. The monoisotopic (exact) mass is 404 g/mol. The van der Waals surface area contributed by atoms with Gasteiger partial charge in [-0.3, -0.25) is 13.8 Å². The molecule has 2 aromatic carbocycles. The van der Waals surface area contributed by atoms with Gasteiger partial charge in [0.15, 0.2) is 0 Å². The van der Waals surface area contributed by atoms with Crippen LogP contribution in [0.3, 0.4) is 0 Å². The Morgan fingerprint density at radius 3 is 2.59 bits per heavy atom. The van der Waals surface area contributed by atoms with Crippen LogP contribution in [0.5, 0.6) is 0 Å². The molecule has 0 aliphatic carbocycles. The van der Waals surface area contributed by atoms with E-state index in [9.17, 15) is 13.2 Å². The summed E-state index contributed by atoms with van der Waals surface area (Å²) in [5.74, 6) is -0.347. The second-order valence-corrected chi connectivity index (χ2v) is 8.15. The zero-order chi connectivity index (χ0) is 19.4. The van der Waals surface area contributed by atoms with Crippen molar-refractivity contribution < 1.29 is 13.2 Å². The number of halogens is 1. The third-order valence-corrected chi connectivity index (χ3v) is 5.78. The fraction of sp³-hybridized carbons (Fsp3) is 0.111. The summed E-state index contributed by atoms with van der Waals surface area (Å²) in [6, 6.07) is 14.9. The van der Waals surface area contributed by atoms with Gasteiger partial charge in [0.1, 0.15) is 6.54 Å². The summed E-state index contributed by atoms with van der Waals surface area (Å²) < 4.78 is 28.3. The minimum Gasteiger partial charge on any atom is -0.324 e. The van der Waals surface area contributed by atoms with Gasteiger partial charge in [-0.25, -0.2) is 8.42 Å². The molecular weight excluding hydrogens is 388 g/mol. The molecule has 0 spiro atoms. The van der Waals surface area contributed by atoms with E-state index in [0.29, 0.717) is 16.4 Å². The third-order valence-electron chi connectivity index (χ3n) is 3.80. The molecule has 0 atom stereocenters. The molecule has 3 rings (SSSR count). The van der Waals surface area contributed by atoms with E-state index in [1.165, 1.54) is 40.6 Å². The van der Waals surface area contributed by atoms with Crippen LogP contribution >= 0.6 is 11.6 Å². The van der Waals surface area contributed by atoms with E-state index in [4.69, 9.17) is 11.6 Å². The Hall–Kier alpha value is -2.84. The summed E-state index contributed by atoms with van der Waals surface area (Å²) in [6.45, 7) is -0.0341. The smallest absolute Gasteiger partial charge is 0.264 e. The van der Waals surface area contributed by atoms with Crippen LogP contribution in [-0.4, -0.2) is 31.2 Å². The molecule has 7 nitrogen and oxygen atoms in total. The van der Waals surface area contributed by atoms with E-state index in [-0.39, 0.29) is 17.3 Å². The van der Waals surface area contributed by atoms with Crippen LogP contribution in [0.15, 0.2) is 71.9 Å². The fourth-order valence-electron chi connectivity index (χ4n) is 2.44. The molecule has 0 fully saturated rings. The topological polar surface area (TPSA) is 84.3 Å². The van der Waals surface area contributed by atoms with Crippen molar-refractivity contribution in [1.29, 1.82) is 0 Å². The van der Waals surface area contributed by atoms with Crippen molar-refractivity contribution in [2.24, 2.45) is 0 Å². The van der Waals surface area contributed by atoms with Gasteiger partial charge in [0.05, 0.1) is 21.8 Å². The molecule has 1 heterocycles. The molecule has 1 aromatic heterocycles. The van der Waals surface area contributed by atoms with Gasteiger partial charge < -0.3 is 5.32 Å². The van der Waals surface area contributed by atoms with Gasteiger partial charge in [-0.05, 0) is 30.3 Å². The average molecular weight is 405 g/mol. The number of para-hydroxylation sites is 1. The lowest BCUT2D eigenvalue weighted by atomic mass is 10.3. The Bertz CT molecular complexity index is 1050. The number of rotatable bonds is 6. The summed E-state index contributed by atoms with van der Waals surface area (Å²) in [7, 11) is -2.28. The summed E-state index contributed by atoms with van der Waals surface area (Å²) in [5.41, 5.74) is 0.920. The van der Waals surface area contributed by atoms with Crippen molar-refractivity contribution in [2.45, 2.75) is 11.4 Å². The Morgan fingerprint density at radius 2 is 1.93 bits per heavy atom. The lowest BCUT2D eigenvalue weighted by Gasteiger charge is -2.19. The molecule has 0 radical (unpaired) electrons. The lowest BCUT2D eigenvalue weighted by Crippen LogP contribution is -2.26. The normalized spacial score (nSPS) is 11.2. The SMILES string of the molecule is CN(c1ccccc1)S(=O)(=O)c1cccc(NC(=O)Cn2cc(Cl)cn2)c1. The summed E-state index contributed by atoms with van der Waals surface area (Å²) in [5, 5.41) is 7.03. The lowest BCUT2D eigenvalue weighted by molar-refractivity contribution is -0.116. The highest BCUT2D eigenvalue weighted by Gasteiger charge is 2.21. The second-order valence-electron chi connectivity index (χ2n) is 5.74. The molecule has 0 bridgehead atoms. The van der Waals surface area contributed by atoms with Crippen LogP contribution in [0.2, 0.25) is 5.02 Å². The van der Waals surface area contributed by atoms with Crippen LogP contribution in [0, 0.1) is 0 Å². The number of anilines is 2. The van der Waals surface area contributed by atoms with Gasteiger partial charge in [-0.2, -0.15) is 5.10 Å². The fourth-order valence-corrected chi connectivity index (χ4v) is 3.84. The van der Waals surface area contributed by atoms with E-state index in [2.05, 4.69) is 10.4 Å². The Morgan fingerprint density at radius 1 is 1.19 bits per heavy atom. The van der Waals surface area contributed by atoms with Crippen molar-refractivity contribution in [1.82, 2.24) is 9.78 Å². The zero-order valence-corrected chi connectivity index (χ0v) is 16.0. The van der Waals surface area contributed by atoms with Crippen LogP contribution in [-0.2, 0) is 21.4 Å². The molecule has 0 unspecified atom stereocenters. The zero-order valence-electron chi connectivity index (χ0n) is 14.4. The van der Waals surface area contributed by atoms with Gasteiger partial charge in [0, 0.05) is 18.9 Å². The predicted molar refractivity (Wildman–Crippen MR) is 104 cm³/mol. The minimum absolute atomic E-state index is 0.0341. The van der Waals surface area contributed by atoms with Crippen LogP contribution in [0.4, 0.5) is 11.4 Å². The van der Waals surface area contributed by atoms with Gasteiger partial charge >= 0.3 is 0 Å². The number of hydrogen-bond acceptors (Lipinski definition) is 4. The predicted octanol–water partition coefficient (Wildman–Crippen LogP) is 3.00. The molecule has 27 heavy (non-hydrogen) atoms. The molecule has 0 saturated carbocycles. The number of nitrogens with zero attached hydrogens (tertiary/aromatic N) is 3. The van der Waals surface area contributed by atoms with Crippen LogP contribution in [0.25, 0.3) is 0 Å². The standard InChI is InChI=1S/C18H17ClN4O3S/c1-22(16-7-3-2-4-8-16)27(25,26)17-9-5-6-15(10-17)21-18(24)13-23-12-14(19)11-20-23/h2-12H,13H2,1H3,(H,21,24). The number of carbonyl (C=O) groups is 1. The number of nitrogens with one attached hydrogen (secondary N) is 1. The van der Waals surface area contributed by atoms with E-state index < -0.39 is 10.0 Å². The van der Waals surface area contributed by atoms with Gasteiger partial charge in [0.25, 0.3) is 10.0 Å². The maximum atomic E-state index is 12.8. The molecule has 9 heteroatoms. The highest BCUT2D eigenvalue weighted by molar-refractivity contribution is 7.92. The molecule has 3 aromatic rings. The van der Waals surface area contributed by atoms with Crippen LogP contribution < -0.4 is 9.62 Å². The highest BCUT2D eigenvalue weighted by Crippen LogP contribution is 2.23. The maximum absolute atomic E-state index is 12.8. The van der Waals surface area contributed by atoms with Gasteiger partial charge in [-0.15, -0.1) is 0 Å². The number of amides is 1. The number of aromatic nitrogens is 2. The van der Waals surface area contributed by atoms with E-state index >= 15 is 0 Å². The number of benzene rings is 2. The van der Waals surface area contributed by atoms with Crippen LogP contribution in [0.1, 0.15) is 0 Å². The summed E-state index contributed by atoms with van der Waals surface area (Å²) >= 11 is 5.77. The molecule has 1 N–H and O–H groups in total. The third kappa shape index (κ3) is 4.47. The van der Waals surface area contributed by atoms with Gasteiger partial charge in [0.2, 0.25) is 5.91 Å². The second kappa shape index (κ2) is 7.81. The first-order valence-corrected chi connectivity index (χ1v) is 9.80. The van der Waals surface area contributed by atoms with E-state index in [1.54, 1.807) is 36.4 Å². The number of carbonyl (C=O) groups excluding carboxylic acids is 1. The molecule has 0 saturated heterocycles. The first-order chi connectivity index (χ1) is 12.9. The Kier molecular flexibility index (Phi) is 5.48. The van der Waals surface area contributed by atoms with Gasteiger partial charge in [-0.1, -0.05) is 35.9 Å². The van der Waals surface area contributed by atoms with E-state index in [0.717, 1.165) is 0 Å². The molecule has 0 aliphatic rings. The highest BCUT2D eigenvalue weighted by atomic mass is 35.5. The number of sulfonamides is 1. The Labute approximate surface area is 162 Å². The summed E-state index contributed by atoms with van der Waals surface area (Å²) in [6.07, 6.45) is 2.96. The molecular formula is C18H17ClN4O3S. The van der Waals surface area contributed by atoms with Crippen molar-refractivity contribution in [3.63, 3.8) is 0 Å². The van der Waals surface area contributed by atoms with Crippen molar-refractivity contribution in [2.75, 3.05) is 16.7 Å². The largest absolute Gasteiger partial charge is 0.324 e. The molecule has 140 valence electrons. The van der Waals surface area contributed by atoms with Crippen molar-refractivity contribution in [3.05, 3.63) is 72.0 Å². The average Bonchev–Trinajstić information content (AvgIpc) is 3.06. The van der Waals surface area contributed by atoms with Crippen molar-refractivity contribution in [3.8, 4) is 0 Å². The number of hydrogen-bond donors (Lipinski definition) is 1. The first-order valence-electron chi connectivity index (χ1n) is 7.98. The molecule has 1 amide bonds. The van der Waals surface area contributed by atoms with Crippen molar-refractivity contribution >= 4 is 38.9 Å². The first kappa shape index (κ1) is 18.9. The van der Waals surface area contributed by atoms with E-state index in [1.807, 2.05) is 6.07 Å². The summed E-state index contributed by atoms with van der Waals surface area (Å²) in [4.78, 5) is 12.2. The maximum Gasteiger partial charge on any atom is 0.264 e. The quantitative estimate of drug-likeness (QED) is 0.684.